The van der Waals surface area contributed by atoms with Crippen LogP contribution in [-0.2, 0) is 4.74 Å². The summed E-state index contributed by atoms with van der Waals surface area (Å²) in [5, 5.41) is 1.27. The van der Waals surface area contributed by atoms with E-state index in [9.17, 15) is 9.59 Å². The van der Waals surface area contributed by atoms with Crippen molar-refractivity contribution in [2.24, 2.45) is 0 Å². The molecule has 0 bridgehead atoms. The van der Waals surface area contributed by atoms with Crippen molar-refractivity contribution in [2.45, 2.75) is 39.3 Å². The molecule has 1 saturated heterocycles. The van der Waals surface area contributed by atoms with Crippen molar-refractivity contribution in [3.63, 3.8) is 0 Å². The van der Waals surface area contributed by atoms with Gasteiger partial charge in [-0.25, -0.2) is 9.18 Å². The molecule has 1 unspecified atom stereocenters. The molecule has 6 nitrogen and oxygen atoms in total. The molecule has 1 atom stereocenters. The van der Waals surface area contributed by atoms with Gasteiger partial charge in [0, 0.05) is 48.4 Å². The lowest BCUT2D eigenvalue weighted by Gasteiger charge is -2.40. The molecule has 2 aromatic carbocycles. The van der Waals surface area contributed by atoms with Crippen LogP contribution >= 0.6 is 11.6 Å². The Labute approximate surface area is 203 Å². The average molecular weight is 484 g/mol. The van der Waals surface area contributed by atoms with Gasteiger partial charge in [-0.1, -0.05) is 23.7 Å². The summed E-state index contributed by atoms with van der Waals surface area (Å²) >= 11 is 6.27. The van der Waals surface area contributed by atoms with Gasteiger partial charge < -0.3 is 14.5 Å². The van der Waals surface area contributed by atoms with E-state index in [0.29, 0.717) is 35.8 Å². The molecule has 0 aliphatic carbocycles. The van der Waals surface area contributed by atoms with Crippen LogP contribution in [0.3, 0.4) is 0 Å². The number of halogens is 2. The summed E-state index contributed by atoms with van der Waals surface area (Å²) in [7, 11) is 0. The Hall–Kier alpha value is -3.19. The molecule has 2 amide bonds. The van der Waals surface area contributed by atoms with Crippen molar-refractivity contribution in [2.75, 3.05) is 19.6 Å². The Morgan fingerprint density at radius 3 is 2.56 bits per heavy atom. The summed E-state index contributed by atoms with van der Waals surface area (Å²) in [4.78, 5) is 33.0. The highest BCUT2D eigenvalue weighted by Crippen LogP contribution is 2.30. The van der Waals surface area contributed by atoms with Crippen molar-refractivity contribution in [1.29, 1.82) is 0 Å². The van der Waals surface area contributed by atoms with E-state index in [1.807, 2.05) is 27.7 Å². The van der Waals surface area contributed by atoms with Crippen LogP contribution in [0.2, 0.25) is 5.02 Å². The number of benzene rings is 2. The zero-order valence-electron chi connectivity index (χ0n) is 19.6. The highest BCUT2D eigenvalue weighted by atomic mass is 35.5. The van der Waals surface area contributed by atoms with E-state index in [1.54, 1.807) is 52.4 Å². The molecule has 1 aliphatic heterocycles. The third-order valence-electron chi connectivity index (χ3n) is 5.76. The van der Waals surface area contributed by atoms with E-state index >= 15 is 4.39 Å². The standard InChI is InChI=1S/C26H27ClFN3O3/c1-16-15-30(11-12-31(16)25(33)34-26(2,3)4)24(32)18-5-7-19(22(28)14-18)17-6-8-23-20(13-17)21(27)9-10-29-23/h5-10,13-14,16H,11-12,15H2,1-4H3. The molecule has 2 heterocycles. The molecule has 1 fully saturated rings. The quantitative estimate of drug-likeness (QED) is 0.464. The predicted octanol–water partition coefficient (Wildman–Crippen LogP) is 5.78. The Kier molecular flexibility index (Phi) is 6.49. The molecule has 0 saturated carbocycles. The number of amides is 2. The number of hydrogen-bond donors (Lipinski definition) is 0. The number of ether oxygens (including phenoxy) is 1. The highest BCUT2D eigenvalue weighted by Gasteiger charge is 2.33. The van der Waals surface area contributed by atoms with Crippen LogP contribution in [0.1, 0.15) is 38.1 Å². The van der Waals surface area contributed by atoms with Crippen molar-refractivity contribution in [1.82, 2.24) is 14.8 Å². The van der Waals surface area contributed by atoms with E-state index in [4.69, 9.17) is 16.3 Å². The zero-order valence-corrected chi connectivity index (χ0v) is 20.4. The van der Waals surface area contributed by atoms with Gasteiger partial charge in [-0.15, -0.1) is 0 Å². The molecule has 3 aromatic rings. The third kappa shape index (κ3) is 4.99. The van der Waals surface area contributed by atoms with Crippen LogP contribution in [0.4, 0.5) is 9.18 Å². The largest absolute Gasteiger partial charge is 0.444 e. The van der Waals surface area contributed by atoms with Gasteiger partial charge in [0.25, 0.3) is 5.91 Å². The monoisotopic (exact) mass is 483 g/mol. The van der Waals surface area contributed by atoms with Gasteiger partial charge in [0.05, 0.1) is 10.5 Å². The molecule has 0 N–H and O–H groups in total. The first-order valence-corrected chi connectivity index (χ1v) is 11.5. The number of fused-ring (bicyclic) bond motifs is 1. The molecule has 178 valence electrons. The van der Waals surface area contributed by atoms with Gasteiger partial charge >= 0.3 is 6.09 Å². The van der Waals surface area contributed by atoms with E-state index in [2.05, 4.69) is 4.98 Å². The molecule has 0 radical (unpaired) electrons. The Bertz CT molecular complexity index is 1260. The lowest BCUT2D eigenvalue weighted by Crippen LogP contribution is -2.56. The second kappa shape index (κ2) is 9.22. The van der Waals surface area contributed by atoms with E-state index in [-0.39, 0.29) is 17.5 Å². The van der Waals surface area contributed by atoms with Crippen molar-refractivity contribution >= 4 is 34.5 Å². The van der Waals surface area contributed by atoms with Gasteiger partial charge in [-0.2, -0.15) is 0 Å². The van der Waals surface area contributed by atoms with Crippen LogP contribution in [0.25, 0.3) is 22.0 Å². The second-order valence-corrected chi connectivity index (χ2v) is 9.90. The minimum atomic E-state index is -0.587. The fourth-order valence-electron chi connectivity index (χ4n) is 4.08. The topological polar surface area (TPSA) is 62.7 Å². The number of hydrogen-bond acceptors (Lipinski definition) is 4. The van der Waals surface area contributed by atoms with E-state index in [1.165, 1.54) is 6.07 Å². The van der Waals surface area contributed by atoms with E-state index in [0.717, 1.165) is 10.9 Å². The van der Waals surface area contributed by atoms with Gasteiger partial charge in [-0.3, -0.25) is 9.78 Å². The number of aromatic nitrogens is 1. The second-order valence-electron chi connectivity index (χ2n) is 9.49. The molecule has 1 aliphatic rings. The number of carbonyl (C=O) groups is 2. The fraction of sp³-hybridized carbons (Fsp3) is 0.346. The SMILES string of the molecule is CC1CN(C(=O)c2ccc(-c3ccc4nccc(Cl)c4c3)c(F)c2)CCN1C(=O)OC(C)(C)C. The lowest BCUT2D eigenvalue weighted by atomic mass is 10.0. The van der Waals surface area contributed by atoms with Gasteiger partial charge in [0.1, 0.15) is 11.4 Å². The van der Waals surface area contributed by atoms with Gasteiger partial charge in [0.15, 0.2) is 0 Å². The predicted molar refractivity (Wildman–Crippen MR) is 130 cm³/mol. The van der Waals surface area contributed by atoms with Crippen LogP contribution in [0, 0.1) is 5.82 Å². The van der Waals surface area contributed by atoms with Crippen molar-refractivity contribution in [3.05, 3.63) is 65.1 Å². The van der Waals surface area contributed by atoms with Gasteiger partial charge in [-0.05, 0) is 63.6 Å². The summed E-state index contributed by atoms with van der Waals surface area (Å²) in [5.74, 6) is -0.766. The van der Waals surface area contributed by atoms with Crippen molar-refractivity contribution in [3.8, 4) is 11.1 Å². The molecule has 1 aromatic heterocycles. The Balaban J connectivity index is 1.50. The molecule has 4 rings (SSSR count). The van der Waals surface area contributed by atoms with Crippen LogP contribution < -0.4 is 0 Å². The molecular formula is C26H27ClFN3O3. The fourth-order valence-corrected chi connectivity index (χ4v) is 4.29. The molecule has 0 spiro atoms. The minimum absolute atomic E-state index is 0.215. The van der Waals surface area contributed by atoms with Crippen LogP contribution in [0.5, 0.6) is 0 Å². The lowest BCUT2D eigenvalue weighted by molar-refractivity contribution is 0.00198. The Morgan fingerprint density at radius 1 is 1.12 bits per heavy atom. The number of piperazine rings is 1. The number of nitrogens with zero attached hydrogens (tertiary/aromatic N) is 3. The smallest absolute Gasteiger partial charge is 0.410 e. The third-order valence-corrected chi connectivity index (χ3v) is 6.09. The zero-order chi connectivity index (χ0) is 24.6. The average Bonchev–Trinajstić information content (AvgIpc) is 2.77. The molecule has 8 heteroatoms. The minimum Gasteiger partial charge on any atom is -0.444 e. The summed E-state index contributed by atoms with van der Waals surface area (Å²) in [6.07, 6.45) is 1.23. The summed E-state index contributed by atoms with van der Waals surface area (Å²) in [6, 6.07) is 11.3. The maximum atomic E-state index is 15.1. The maximum absolute atomic E-state index is 15.1. The van der Waals surface area contributed by atoms with E-state index < -0.39 is 17.5 Å². The van der Waals surface area contributed by atoms with Crippen LogP contribution in [-0.4, -0.2) is 58.1 Å². The molecule has 34 heavy (non-hydrogen) atoms. The maximum Gasteiger partial charge on any atom is 0.410 e. The first-order valence-electron chi connectivity index (χ1n) is 11.2. The first kappa shape index (κ1) is 24.0. The summed E-state index contributed by atoms with van der Waals surface area (Å²) < 4.78 is 20.5. The Morgan fingerprint density at radius 2 is 1.88 bits per heavy atom. The number of pyridine rings is 1. The normalized spacial score (nSPS) is 16.6. The first-order chi connectivity index (χ1) is 16.0. The van der Waals surface area contributed by atoms with Crippen LogP contribution in [0.15, 0.2) is 48.7 Å². The summed E-state index contributed by atoms with van der Waals surface area (Å²) in [6.45, 7) is 8.37. The summed E-state index contributed by atoms with van der Waals surface area (Å²) in [5.41, 5.74) is 1.43. The number of rotatable bonds is 2. The molecular weight excluding hydrogens is 457 g/mol. The highest BCUT2D eigenvalue weighted by molar-refractivity contribution is 6.35. The number of carbonyl (C=O) groups excluding carboxylic acids is 2. The van der Waals surface area contributed by atoms with Crippen molar-refractivity contribution < 1.29 is 18.7 Å². The van der Waals surface area contributed by atoms with Gasteiger partial charge in [0.2, 0.25) is 0 Å².